The van der Waals surface area contributed by atoms with Gasteiger partial charge in [-0.3, -0.25) is 14.4 Å². The lowest BCUT2D eigenvalue weighted by atomic mass is 10.0. The molecule has 0 radical (unpaired) electrons. The quantitative estimate of drug-likeness (QED) is 0.0269. The molecule has 0 aromatic carbocycles. The van der Waals surface area contributed by atoms with Crippen LogP contribution in [0.1, 0.15) is 207 Å². The molecule has 0 aromatic heterocycles. The Morgan fingerprint density at radius 1 is 0.407 bits per heavy atom. The topological polar surface area (TPSA) is 78.9 Å². The molecule has 6 nitrogen and oxygen atoms in total. The first-order valence-corrected chi connectivity index (χ1v) is 22.3. The Hall–Kier alpha value is -2.89. The van der Waals surface area contributed by atoms with Crippen LogP contribution in [-0.2, 0) is 28.6 Å². The van der Waals surface area contributed by atoms with Crippen LogP contribution in [0.2, 0.25) is 0 Å². The molecule has 1 unspecified atom stereocenters. The van der Waals surface area contributed by atoms with Crippen LogP contribution in [0.15, 0.2) is 60.8 Å². The van der Waals surface area contributed by atoms with E-state index in [-0.39, 0.29) is 31.6 Å². The summed E-state index contributed by atoms with van der Waals surface area (Å²) in [5.41, 5.74) is 0. The van der Waals surface area contributed by atoms with Crippen molar-refractivity contribution in [3.63, 3.8) is 0 Å². The van der Waals surface area contributed by atoms with Crippen molar-refractivity contribution in [2.45, 2.75) is 213 Å². The maximum Gasteiger partial charge on any atom is 0.309 e. The minimum atomic E-state index is -0.807. The van der Waals surface area contributed by atoms with E-state index in [1.165, 1.54) is 89.9 Å². The van der Waals surface area contributed by atoms with E-state index in [2.05, 4.69) is 69.4 Å². The van der Waals surface area contributed by atoms with Gasteiger partial charge in [-0.2, -0.15) is 0 Å². The van der Waals surface area contributed by atoms with E-state index in [4.69, 9.17) is 14.2 Å². The molecular formula is C48H82O6. The lowest BCUT2D eigenvalue weighted by molar-refractivity contribution is -0.166. The zero-order valence-electron chi connectivity index (χ0n) is 35.2. The molecule has 0 bridgehead atoms. The summed E-state index contributed by atoms with van der Waals surface area (Å²) in [7, 11) is 0. The highest BCUT2D eigenvalue weighted by Crippen LogP contribution is 2.14. The van der Waals surface area contributed by atoms with Crippen LogP contribution in [0, 0.1) is 0 Å². The first kappa shape index (κ1) is 51.1. The Morgan fingerprint density at radius 2 is 0.796 bits per heavy atom. The van der Waals surface area contributed by atoms with Crippen molar-refractivity contribution in [2.24, 2.45) is 0 Å². The SMILES string of the molecule is CC/C=C\C/C=C\C/C=C\CC(=O)OCC(COC(=O)CCCCCCCCC/C=C\C/C=C\CC)OC(=O)CCCCCCCCCCCCCCC. The molecule has 0 heterocycles. The van der Waals surface area contributed by atoms with Crippen LogP contribution in [0.4, 0.5) is 0 Å². The number of carbonyl (C=O) groups is 3. The van der Waals surface area contributed by atoms with Crippen LogP contribution >= 0.6 is 0 Å². The number of ether oxygens (including phenoxy) is 3. The first-order chi connectivity index (χ1) is 26.5. The van der Waals surface area contributed by atoms with E-state index in [9.17, 15) is 14.4 Å². The summed E-state index contributed by atoms with van der Waals surface area (Å²) in [6, 6.07) is 0. The number of hydrogen-bond acceptors (Lipinski definition) is 6. The fraction of sp³-hybridized carbons (Fsp3) is 0.729. The van der Waals surface area contributed by atoms with Crippen molar-refractivity contribution in [1.82, 2.24) is 0 Å². The zero-order chi connectivity index (χ0) is 39.4. The van der Waals surface area contributed by atoms with E-state index in [0.717, 1.165) is 77.0 Å². The van der Waals surface area contributed by atoms with Gasteiger partial charge in [0, 0.05) is 12.8 Å². The molecule has 0 aliphatic heterocycles. The van der Waals surface area contributed by atoms with Crippen LogP contribution in [-0.4, -0.2) is 37.2 Å². The smallest absolute Gasteiger partial charge is 0.309 e. The van der Waals surface area contributed by atoms with Gasteiger partial charge in [0.05, 0.1) is 6.42 Å². The monoisotopic (exact) mass is 755 g/mol. The summed E-state index contributed by atoms with van der Waals surface area (Å²) in [6.45, 7) is 6.30. The van der Waals surface area contributed by atoms with Gasteiger partial charge in [-0.25, -0.2) is 0 Å². The van der Waals surface area contributed by atoms with E-state index in [0.29, 0.717) is 12.8 Å². The largest absolute Gasteiger partial charge is 0.462 e. The molecule has 0 N–H and O–H groups in total. The minimum absolute atomic E-state index is 0.104. The summed E-state index contributed by atoms with van der Waals surface area (Å²) < 4.78 is 16.6. The number of carbonyl (C=O) groups excluding carboxylic acids is 3. The van der Waals surface area contributed by atoms with Gasteiger partial charge < -0.3 is 14.2 Å². The second kappa shape index (κ2) is 42.8. The van der Waals surface area contributed by atoms with Gasteiger partial charge in [0.25, 0.3) is 0 Å². The average Bonchev–Trinajstić information content (AvgIpc) is 3.17. The van der Waals surface area contributed by atoms with Crippen molar-refractivity contribution >= 4 is 17.9 Å². The van der Waals surface area contributed by atoms with Crippen molar-refractivity contribution in [1.29, 1.82) is 0 Å². The van der Waals surface area contributed by atoms with Crippen molar-refractivity contribution < 1.29 is 28.6 Å². The van der Waals surface area contributed by atoms with Gasteiger partial charge in [-0.1, -0.05) is 191 Å². The average molecular weight is 755 g/mol. The number of hydrogen-bond donors (Lipinski definition) is 0. The van der Waals surface area contributed by atoms with Crippen molar-refractivity contribution in [3.05, 3.63) is 60.8 Å². The molecule has 0 saturated carbocycles. The van der Waals surface area contributed by atoms with Gasteiger partial charge in [-0.15, -0.1) is 0 Å². The van der Waals surface area contributed by atoms with Gasteiger partial charge >= 0.3 is 17.9 Å². The molecule has 0 amide bonds. The molecule has 1 atom stereocenters. The number of unbranched alkanes of at least 4 members (excludes halogenated alkanes) is 19. The summed E-state index contributed by atoms with van der Waals surface area (Å²) in [5, 5.41) is 0. The second-order valence-corrected chi connectivity index (χ2v) is 14.6. The highest BCUT2D eigenvalue weighted by Gasteiger charge is 2.19. The molecule has 54 heavy (non-hydrogen) atoms. The van der Waals surface area contributed by atoms with Gasteiger partial charge in [0.15, 0.2) is 6.10 Å². The standard InChI is InChI=1S/C48H82O6/c1-4-7-10-13-16-19-21-23-25-26-29-32-35-38-41-47(50)53-44-45(43-52-46(49)40-37-34-31-28-18-15-12-9-6-3)54-48(51)42-39-36-33-30-27-24-22-20-17-14-11-8-5-2/h7,9-10,12,16,18-19,28,34,37,45H,4-6,8,11,13-15,17,20-27,29-33,35-36,38-44H2,1-3H3/b10-7-,12-9-,19-16-,28-18-,37-34-. The Kier molecular flexibility index (Phi) is 40.6. The van der Waals surface area contributed by atoms with E-state index < -0.39 is 12.1 Å². The van der Waals surface area contributed by atoms with Gasteiger partial charge in [0.1, 0.15) is 13.2 Å². The van der Waals surface area contributed by atoms with Crippen LogP contribution < -0.4 is 0 Å². The Labute approximate surface area is 332 Å². The third-order valence-corrected chi connectivity index (χ3v) is 9.30. The third kappa shape index (κ3) is 40.3. The minimum Gasteiger partial charge on any atom is -0.462 e. The summed E-state index contributed by atoms with van der Waals surface area (Å²) >= 11 is 0. The molecule has 310 valence electrons. The lowest BCUT2D eigenvalue weighted by Crippen LogP contribution is -2.30. The highest BCUT2D eigenvalue weighted by atomic mass is 16.6. The first-order valence-electron chi connectivity index (χ1n) is 22.3. The number of esters is 3. The maximum atomic E-state index is 12.7. The molecule has 0 aliphatic rings. The normalized spacial score (nSPS) is 12.6. The van der Waals surface area contributed by atoms with Crippen LogP contribution in [0.5, 0.6) is 0 Å². The summed E-state index contributed by atoms with van der Waals surface area (Å²) in [4.78, 5) is 37.6. The zero-order valence-corrected chi connectivity index (χ0v) is 35.2. The third-order valence-electron chi connectivity index (χ3n) is 9.30. The fourth-order valence-electron chi connectivity index (χ4n) is 6.01. The summed E-state index contributed by atoms with van der Waals surface area (Å²) in [5.74, 6) is -1.04. The van der Waals surface area contributed by atoms with Crippen LogP contribution in [0.3, 0.4) is 0 Å². The van der Waals surface area contributed by atoms with Gasteiger partial charge in [0.2, 0.25) is 0 Å². The second-order valence-electron chi connectivity index (χ2n) is 14.6. The van der Waals surface area contributed by atoms with E-state index >= 15 is 0 Å². The Morgan fingerprint density at radius 3 is 1.30 bits per heavy atom. The molecule has 0 aromatic rings. The van der Waals surface area contributed by atoms with Crippen LogP contribution in [0.25, 0.3) is 0 Å². The Balaban J connectivity index is 4.42. The fourth-order valence-corrected chi connectivity index (χ4v) is 6.01. The molecule has 0 fully saturated rings. The molecule has 0 rings (SSSR count). The van der Waals surface area contributed by atoms with E-state index in [1.807, 2.05) is 6.08 Å². The molecule has 0 spiro atoms. The number of rotatable bonds is 39. The lowest BCUT2D eigenvalue weighted by Gasteiger charge is -2.18. The number of allylic oxidation sites excluding steroid dienone is 9. The molecule has 6 heteroatoms. The Bertz CT molecular complexity index is 1010. The summed E-state index contributed by atoms with van der Waals surface area (Å²) in [6.07, 6.45) is 50.9. The molecule has 0 saturated heterocycles. The van der Waals surface area contributed by atoms with Crippen molar-refractivity contribution in [3.8, 4) is 0 Å². The predicted molar refractivity (Wildman–Crippen MR) is 228 cm³/mol. The predicted octanol–water partition coefficient (Wildman–Crippen LogP) is 14.1. The molecule has 0 aliphatic carbocycles. The molecular weight excluding hydrogens is 673 g/mol. The van der Waals surface area contributed by atoms with Crippen molar-refractivity contribution in [2.75, 3.05) is 13.2 Å². The highest BCUT2D eigenvalue weighted by molar-refractivity contribution is 5.72. The van der Waals surface area contributed by atoms with E-state index in [1.54, 1.807) is 6.08 Å². The maximum absolute atomic E-state index is 12.7. The van der Waals surface area contributed by atoms with Gasteiger partial charge in [-0.05, 0) is 57.8 Å².